The lowest BCUT2D eigenvalue weighted by molar-refractivity contribution is -0.157. The van der Waals surface area contributed by atoms with Gasteiger partial charge in [0.1, 0.15) is 5.60 Å². The van der Waals surface area contributed by atoms with Gasteiger partial charge in [0.2, 0.25) is 0 Å². The van der Waals surface area contributed by atoms with Crippen LogP contribution in [0.5, 0.6) is 0 Å². The first-order valence-electron chi connectivity index (χ1n) is 13.3. The van der Waals surface area contributed by atoms with Crippen LogP contribution in [0.3, 0.4) is 0 Å². The summed E-state index contributed by atoms with van der Waals surface area (Å²) < 4.78 is 12.5. The maximum absolute atomic E-state index is 13.2. The van der Waals surface area contributed by atoms with E-state index in [1.165, 1.54) is 11.1 Å². The molecule has 0 aliphatic heterocycles. The standard InChI is InChI=1S/C31H49NO3Si/c1-24(23-34-36(9,10)31(6,7)8)28(21-29(33)35-30(3,4)5)32(22-26-17-13-11-14-18-26)25(2)27-19-15-12-16-20-27/h11-20,24-25,28H,21-23H2,1-10H3/t24-,25-,28+/m0/s1. The number of benzene rings is 2. The van der Waals surface area contributed by atoms with Crippen molar-refractivity contribution in [1.82, 2.24) is 4.90 Å². The summed E-state index contributed by atoms with van der Waals surface area (Å²) in [4.78, 5) is 15.6. The molecule has 0 saturated carbocycles. The summed E-state index contributed by atoms with van der Waals surface area (Å²) in [6.45, 7) is 23.0. The van der Waals surface area contributed by atoms with Gasteiger partial charge in [-0.05, 0) is 62.9 Å². The van der Waals surface area contributed by atoms with Crippen LogP contribution in [0.15, 0.2) is 60.7 Å². The second-order valence-electron chi connectivity index (χ2n) is 12.7. The van der Waals surface area contributed by atoms with Gasteiger partial charge in [-0.1, -0.05) is 88.4 Å². The van der Waals surface area contributed by atoms with Crippen LogP contribution in [0.2, 0.25) is 18.1 Å². The van der Waals surface area contributed by atoms with Gasteiger partial charge in [-0.15, -0.1) is 0 Å². The van der Waals surface area contributed by atoms with E-state index in [1.807, 2.05) is 32.9 Å². The number of hydrogen-bond acceptors (Lipinski definition) is 4. The van der Waals surface area contributed by atoms with Crippen LogP contribution in [0.1, 0.15) is 79.0 Å². The Labute approximate surface area is 221 Å². The molecule has 2 aromatic carbocycles. The average molecular weight is 512 g/mol. The van der Waals surface area contributed by atoms with E-state index >= 15 is 0 Å². The molecule has 5 heteroatoms. The maximum atomic E-state index is 13.2. The molecule has 3 atom stereocenters. The molecule has 0 aromatic heterocycles. The Morgan fingerprint density at radius 1 is 0.889 bits per heavy atom. The number of ether oxygens (including phenoxy) is 1. The Balaban J connectivity index is 2.43. The molecule has 0 spiro atoms. The summed E-state index contributed by atoms with van der Waals surface area (Å²) in [5.74, 6) is -0.0217. The summed E-state index contributed by atoms with van der Waals surface area (Å²) in [5.41, 5.74) is 1.95. The van der Waals surface area contributed by atoms with E-state index < -0.39 is 13.9 Å². The second kappa shape index (κ2) is 12.5. The van der Waals surface area contributed by atoms with Crippen LogP contribution < -0.4 is 0 Å². The van der Waals surface area contributed by atoms with Gasteiger partial charge in [-0.3, -0.25) is 9.69 Å². The largest absolute Gasteiger partial charge is 0.460 e. The van der Waals surface area contributed by atoms with E-state index in [-0.39, 0.29) is 29.0 Å². The Morgan fingerprint density at radius 3 is 1.92 bits per heavy atom. The molecule has 0 amide bonds. The lowest BCUT2D eigenvalue weighted by Gasteiger charge is -2.42. The summed E-state index contributed by atoms with van der Waals surface area (Å²) in [6.07, 6.45) is 0.323. The molecule has 0 unspecified atom stereocenters. The van der Waals surface area contributed by atoms with Crippen molar-refractivity contribution in [2.45, 2.75) is 104 Å². The molecule has 0 fully saturated rings. The van der Waals surface area contributed by atoms with Gasteiger partial charge in [-0.25, -0.2) is 0 Å². The van der Waals surface area contributed by atoms with Gasteiger partial charge >= 0.3 is 5.97 Å². The zero-order chi connectivity index (χ0) is 27.1. The van der Waals surface area contributed by atoms with Crippen LogP contribution in [-0.2, 0) is 20.5 Å². The van der Waals surface area contributed by atoms with Crippen molar-refractivity contribution in [3.63, 3.8) is 0 Å². The number of hydrogen-bond donors (Lipinski definition) is 0. The molecule has 0 saturated heterocycles. The lowest BCUT2D eigenvalue weighted by atomic mass is 9.93. The molecule has 2 rings (SSSR count). The van der Waals surface area contributed by atoms with Gasteiger partial charge in [0, 0.05) is 25.2 Å². The molecule has 0 heterocycles. The number of rotatable bonds is 11. The molecule has 0 aliphatic carbocycles. The molecular formula is C31H49NO3Si. The van der Waals surface area contributed by atoms with E-state index in [4.69, 9.17) is 9.16 Å². The SMILES string of the molecule is C[C@@H](CO[Si](C)(C)C(C)(C)C)[C@@H](CC(=O)OC(C)(C)C)N(Cc1ccccc1)[C@@H](C)c1ccccc1. The Bertz CT molecular complexity index is 932. The molecular weight excluding hydrogens is 462 g/mol. The maximum Gasteiger partial charge on any atom is 0.307 e. The fourth-order valence-electron chi connectivity index (χ4n) is 4.13. The molecule has 0 aliphatic rings. The Hall–Kier alpha value is -1.95. The average Bonchev–Trinajstić information content (AvgIpc) is 2.78. The Morgan fingerprint density at radius 2 is 1.42 bits per heavy atom. The third kappa shape index (κ3) is 9.17. The third-order valence-corrected chi connectivity index (χ3v) is 11.9. The van der Waals surface area contributed by atoms with Crippen LogP contribution in [0, 0.1) is 5.92 Å². The van der Waals surface area contributed by atoms with E-state index in [9.17, 15) is 4.79 Å². The highest BCUT2D eigenvalue weighted by Gasteiger charge is 2.39. The first-order chi connectivity index (χ1) is 16.6. The van der Waals surface area contributed by atoms with Gasteiger partial charge in [0.15, 0.2) is 8.32 Å². The van der Waals surface area contributed by atoms with Gasteiger partial charge in [0.25, 0.3) is 0 Å². The monoisotopic (exact) mass is 511 g/mol. The fourth-order valence-corrected chi connectivity index (χ4v) is 5.24. The van der Waals surface area contributed by atoms with Crippen molar-refractivity contribution in [3.8, 4) is 0 Å². The number of carbonyl (C=O) groups is 1. The van der Waals surface area contributed by atoms with Gasteiger partial charge < -0.3 is 9.16 Å². The zero-order valence-electron chi connectivity index (χ0n) is 24.3. The topological polar surface area (TPSA) is 38.8 Å². The second-order valence-corrected chi connectivity index (χ2v) is 17.5. The van der Waals surface area contributed by atoms with Crippen molar-refractivity contribution in [3.05, 3.63) is 71.8 Å². The van der Waals surface area contributed by atoms with Crippen LogP contribution in [0.4, 0.5) is 0 Å². The van der Waals surface area contributed by atoms with Gasteiger partial charge in [-0.2, -0.15) is 0 Å². The van der Waals surface area contributed by atoms with Crippen LogP contribution in [0.25, 0.3) is 0 Å². The molecule has 0 radical (unpaired) electrons. The smallest absolute Gasteiger partial charge is 0.307 e. The number of carbonyl (C=O) groups excluding carboxylic acids is 1. The Kier molecular flexibility index (Phi) is 10.5. The van der Waals surface area contributed by atoms with E-state index in [2.05, 4.69) is 101 Å². The van der Waals surface area contributed by atoms with Crippen LogP contribution >= 0.6 is 0 Å². The van der Waals surface area contributed by atoms with Crippen molar-refractivity contribution in [2.75, 3.05) is 6.61 Å². The summed E-state index contributed by atoms with van der Waals surface area (Å²) >= 11 is 0. The predicted octanol–water partition coefficient (Wildman–Crippen LogP) is 8.01. The minimum atomic E-state index is -1.93. The van der Waals surface area contributed by atoms with E-state index in [0.717, 1.165) is 6.54 Å². The fraction of sp³-hybridized carbons (Fsp3) is 0.581. The zero-order valence-corrected chi connectivity index (χ0v) is 25.3. The first-order valence-corrected chi connectivity index (χ1v) is 16.2. The molecule has 2 aromatic rings. The summed E-state index contributed by atoms with van der Waals surface area (Å²) in [6, 6.07) is 21.1. The van der Waals surface area contributed by atoms with Crippen molar-refractivity contribution in [2.24, 2.45) is 5.92 Å². The lowest BCUT2D eigenvalue weighted by Crippen LogP contribution is -2.47. The number of nitrogens with zero attached hydrogens (tertiary/aromatic N) is 1. The highest BCUT2D eigenvalue weighted by molar-refractivity contribution is 6.74. The summed E-state index contributed by atoms with van der Waals surface area (Å²) in [7, 11) is -1.93. The molecule has 0 N–H and O–H groups in total. The van der Waals surface area contributed by atoms with Crippen molar-refractivity contribution in [1.29, 1.82) is 0 Å². The molecule has 200 valence electrons. The van der Waals surface area contributed by atoms with Crippen molar-refractivity contribution < 1.29 is 14.0 Å². The highest BCUT2D eigenvalue weighted by Crippen LogP contribution is 2.38. The normalized spacial score (nSPS) is 15.4. The first kappa shape index (κ1) is 30.3. The summed E-state index contributed by atoms with van der Waals surface area (Å²) in [5, 5.41) is 0.133. The number of esters is 1. The minimum absolute atomic E-state index is 0.0416. The minimum Gasteiger partial charge on any atom is -0.460 e. The van der Waals surface area contributed by atoms with Crippen molar-refractivity contribution >= 4 is 14.3 Å². The molecule has 4 nitrogen and oxygen atoms in total. The molecule has 36 heavy (non-hydrogen) atoms. The predicted molar refractivity (Wildman–Crippen MR) is 153 cm³/mol. The third-order valence-electron chi connectivity index (χ3n) is 7.38. The van der Waals surface area contributed by atoms with Crippen LogP contribution in [-0.4, -0.2) is 37.4 Å². The van der Waals surface area contributed by atoms with Gasteiger partial charge in [0.05, 0.1) is 6.42 Å². The van der Waals surface area contributed by atoms with E-state index in [0.29, 0.717) is 13.0 Å². The van der Waals surface area contributed by atoms with E-state index in [1.54, 1.807) is 0 Å². The quantitative estimate of drug-likeness (QED) is 0.226. The molecule has 0 bridgehead atoms. The highest BCUT2D eigenvalue weighted by atomic mass is 28.4.